The smallest absolute Gasteiger partial charge is 0.326 e. The second-order valence-electron chi connectivity index (χ2n) is 6.92. The summed E-state index contributed by atoms with van der Waals surface area (Å²) in [6.45, 7) is 2.96. The van der Waals surface area contributed by atoms with Crippen LogP contribution in [-0.4, -0.2) is 80.1 Å². The van der Waals surface area contributed by atoms with Crippen molar-refractivity contribution in [3.8, 4) is 0 Å². The van der Waals surface area contributed by atoms with Gasteiger partial charge in [-0.15, -0.1) is 0 Å². The van der Waals surface area contributed by atoms with Gasteiger partial charge in [0.15, 0.2) is 14.6 Å². The number of halogens is 1. The number of benzene rings is 1. The van der Waals surface area contributed by atoms with Crippen LogP contribution >= 0.6 is 22.9 Å². The van der Waals surface area contributed by atoms with Crippen LogP contribution in [0.15, 0.2) is 23.2 Å². The largest absolute Gasteiger partial charge is 0.465 e. The van der Waals surface area contributed by atoms with E-state index in [4.69, 9.17) is 21.1 Å². The number of ether oxygens (including phenoxy) is 2. The summed E-state index contributed by atoms with van der Waals surface area (Å²) in [5, 5.41) is 0.462. The lowest BCUT2D eigenvalue weighted by Crippen LogP contribution is -2.43. The van der Waals surface area contributed by atoms with E-state index in [0.717, 1.165) is 11.3 Å². The maximum Gasteiger partial charge on any atom is 0.326 e. The van der Waals surface area contributed by atoms with Crippen LogP contribution in [0.2, 0.25) is 5.02 Å². The first kappa shape index (κ1) is 24.4. The van der Waals surface area contributed by atoms with Crippen LogP contribution in [0, 0.1) is 0 Å². The topological polar surface area (TPSA) is 124 Å². The molecule has 0 bridgehead atoms. The van der Waals surface area contributed by atoms with Crippen molar-refractivity contribution in [3.63, 3.8) is 0 Å². The van der Waals surface area contributed by atoms with Gasteiger partial charge in [-0.25, -0.2) is 8.42 Å². The molecule has 1 aromatic carbocycles. The van der Waals surface area contributed by atoms with Gasteiger partial charge in [-0.05, 0) is 25.1 Å². The number of amides is 2. The number of aromatic nitrogens is 1. The fourth-order valence-corrected chi connectivity index (χ4v) is 5.52. The predicted octanol–water partition coefficient (Wildman–Crippen LogP) is 0.620. The van der Waals surface area contributed by atoms with Crippen LogP contribution in [0.3, 0.4) is 0 Å². The Morgan fingerprint density at radius 1 is 1.22 bits per heavy atom. The molecule has 32 heavy (non-hydrogen) atoms. The highest BCUT2D eigenvalue weighted by atomic mass is 35.5. The molecule has 0 N–H and O–H groups in total. The third-order valence-corrected chi connectivity index (χ3v) is 7.16. The molecule has 1 aromatic heterocycles. The van der Waals surface area contributed by atoms with E-state index in [-0.39, 0.29) is 18.0 Å². The van der Waals surface area contributed by atoms with Crippen molar-refractivity contribution in [3.05, 3.63) is 28.0 Å². The lowest BCUT2D eigenvalue weighted by atomic mass is 10.3. The van der Waals surface area contributed by atoms with Crippen molar-refractivity contribution < 1.29 is 32.3 Å². The average molecular weight is 504 g/mol. The minimum absolute atomic E-state index is 0.134. The van der Waals surface area contributed by atoms with Gasteiger partial charge in [0.05, 0.1) is 30.0 Å². The first-order valence-corrected chi connectivity index (χ1v) is 12.8. The van der Waals surface area contributed by atoms with Gasteiger partial charge in [0.2, 0.25) is 5.91 Å². The number of nitrogens with zero attached hydrogens (tertiary/aromatic N) is 3. The summed E-state index contributed by atoms with van der Waals surface area (Å²) in [5.74, 6) is -3.74. The van der Waals surface area contributed by atoms with Gasteiger partial charge in [-0.3, -0.25) is 14.4 Å². The van der Waals surface area contributed by atoms with E-state index in [0.29, 0.717) is 41.5 Å². The molecule has 10 nitrogen and oxygen atoms in total. The molecule has 0 atom stereocenters. The molecule has 0 unspecified atom stereocenters. The van der Waals surface area contributed by atoms with Gasteiger partial charge in [0.1, 0.15) is 18.1 Å². The second kappa shape index (κ2) is 10.6. The Morgan fingerprint density at radius 3 is 2.62 bits per heavy atom. The van der Waals surface area contributed by atoms with E-state index < -0.39 is 39.1 Å². The minimum atomic E-state index is -4.02. The number of esters is 1. The normalized spacial score (nSPS) is 15.2. The van der Waals surface area contributed by atoms with Gasteiger partial charge < -0.3 is 18.9 Å². The molecule has 1 aliphatic heterocycles. The lowest BCUT2D eigenvalue weighted by molar-refractivity contribution is -0.143. The molecule has 0 radical (unpaired) electrons. The minimum Gasteiger partial charge on any atom is -0.465 e. The molecule has 1 fully saturated rings. The summed E-state index contributed by atoms with van der Waals surface area (Å²) in [5.41, 5.74) is 0.601. The Balaban J connectivity index is 1.82. The number of carbonyl (C=O) groups excluding carboxylic acids is 3. The number of hydrogen-bond donors (Lipinski definition) is 0. The molecule has 0 saturated carbocycles. The number of sulfone groups is 1. The van der Waals surface area contributed by atoms with E-state index in [1.807, 2.05) is 0 Å². The van der Waals surface area contributed by atoms with Crippen LogP contribution in [0.4, 0.5) is 0 Å². The zero-order chi connectivity index (χ0) is 23.3. The summed E-state index contributed by atoms with van der Waals surface area (Å²) >= 11 is 7.11. The number of hydrogen-bond acceptors (Lipinski definition) is 8. The van der Waals surface area contributed by atoms with E-state index in [1.54, 1.807) is 25.1 Å². The second-order valence-corrected chi connectivity index (χ2v) is 10.4. The van der Waals surface area contributed by atoms with Gasteiger partial charge in [-0.2, -0.15) is 4.99 Å². The van der Waals surface area contributed by atoms with Crippen molar-refractivity contribution in [1.82, 2.24) is 9.47 Å². The monoisotopic (exact) mass is 503 g/mol. The highest BCUT2D eigenvalue weighted by Crippen LogP contribution is 2.22. The standard InChI is InChI=1S/C19H22ClN3O7S2/c1-2-30-18(26)10-23-14-4-3-13(20)9-15(14)31-19(23)21-16(24)11-32(27,28)12-17(25)22-5-7-29-8-6-22/h3-4,9H,2,5-8,10-12H2,1H3. The molecule has 13 heteroatoms. The first-order chi connectivity index (χ1) is 15.2. The molecule has 1 aliphatic rings. The molecule has 2 amide bonds. The van der Waals surface area contributed by atoms with Crippen molar-refractivity contribution in [1.29, 1.82) is 0 Å². The maximum absolute atomic E-state index is 12.5. The Labute approximate surface area is 193 Å². The van der Waals surface area contributed by atoms with Gasteiger partial charge in [-0.1, -0.05) is 22.9 Å². The average Bonchev–Trinajstić information content (AvgIpc) is 3.03. The summed E-state index contributed by atoms with van der Waals surface area (Å²) < 4.78 is 37.0. The lowest BCUT2D eigenvalue weighted by Gasteiger charge is -2.26. The van der Waals surface area contributed by atoms with Crippen LogP contribution < -0.4 is 4.80 Å². The van der Waals surface area contributed by atoms with Crippen LogP contribution in [0.25, 0.3) is 10.2 Å². The van der Waals surface area contributed by atoms with E-state index in [1.165, 1.54) is 9.47 Å². The number of rotatable bonds is 7. The SMILES string of the molecule is CCOC(=O)Cn1c(=NC(=O)CS(=O)(=O)CC(=O)N2CCOCC2)sc2cc(Cl)ccc21. The van der Waals surface area contributed by atoms with Crippen molar-refractivity contribution >= 4 is 60.8 Å². The van der Waals surface area contributed by atoms with Crippen LogP contribution in [-0.2, 0) is 40.2 Å². The molecular formula is C19H22ClN3O7S2. The zero-order valence-electron chi connectivity index (χ0n) is 17.3. The Kier molecular flexibility index (Phi) is 8.04. The zero-order valence-corrected chi connectivity index (χ0v) is 19.7. The van der Waals surface area contributed by atoms with E-state index in [9.17, 15) is 22.8 Å². The van der Waals surface area contributed by atoms with Gasteiger partial charge >= 0.3 is 5.97 Å². The van der Waals surface area contributed by atoms with E-state index >= 15 is 0 Å². The molecule has 0 spiro atoms. The Bertz CT molecular complexity index is 1200. The first-order valence-electron chi connectivity index (χ1n) is 9.76. The third kappa shape index (κ3) is 6.37. The summed E-state index contributed by atoms with van der Waals surface area (Å²) in [4.78, 5) is 42.1. The Morgan fingerprint density at radius 2 is 1.94 bits per heavy atom. The summed E-state index contributed by atoms with van der Waals surface area (Å²) in [6, 6.07) is 4.96. The van der Waals surface area contributed by atoms with Gasteiger partial charge in [0, 0.05) is 18.1 Å². The number of morpholine rings is 1. The Hall–Kier alpha value is -2.28. The van der Waals surface area contributed by atoms with Crippen LogP contribution in [0.5, 0.6) is 0 Å². The van der Waals surface area contributed by atoms with Crippen molar-refractivity contribution in [2.75, 3.05) is 44.4 Å². The molecule has 1 saturated heterocycles. The summed E-state index contributed by atoms with van der Waals surface area (Å²) in [7, 11) is -4.02. The number of thiazole rings is 1. The summed E-state index contributed by atoms with van der Waals surface area (Å²) in [6.07, 6.45) is 0. The van der Waals surface area contributed by atoms with Crippen molar-refractivity contribution in [2.45, 2.75) is 13.5 Å². The van der Waals surface area contributed by atoms with E-state index in [2.05, 4.69) is 4.99 Å². The van der Waals surface area contributed by atoms with Crippen molar-refractivity contribution in [2.24, 2.45) is 4.99 Å². The highest BCUT2D eigenvalue weighted by molar-refractivity contribution is 7.92. The van der Waals surface area contributed by atoms with Gasteiger partial charge in [0.25, 0.3) is 5.91 Å². The molecular weight excluding hydrogens is 482 g/mol. The molecule has 174 valence electrons. The number of fused-ring (bicyclic) bond motifs is 1. The van der Waals surface area contributed by atoms with Crippen LogP contribution in [0.1, 0.15) is 6.92 Å². The molecule has 2 heterocycles. The molecule has 0 aliphatic carbocycles. The fourth-order valence-electron chi connectivity index (χ4n) is 3.09. The highest BCUT2D eigenvalue weighted by Gasteiger charge is 2.25. The molecule has 2 aromatic rings. The predicted molar refractivity (Wildman–Crippen MR) is 118 cm³/mol. The quantitative estimate of drug-likeness (QED) is 0.507. The maximum atomic E-state index is 12.5. The molecule has 3 rings (SSSR count). The third-order valence-electron chi connectivity index (χ3n) is 4.51. The fraction of sp³-hybridized carbons (Fsp3) is 0.474. The number of carbonyl (C=O) groups is 3.